The SMILES string of the molecule is CCCCC#CC(O)(c1cncnc1)C(C)C. The highest BCUT2D eigenvalue weighted by molar-refractivity contribution is 5.28. The molecular weight excluding hydrogens is 212 g/mol. The summed E-state index contributed by atoms with van der Waals surface area (Å²) in [6.45, 7) is 6.02. The summed E-state index contributed by atoms with van der Waals surface area (Å²) in [5.41, 5.74) is -0.478. The third-order valence-electron chi connectivity index (χ3n) is 2.77. The molecule has 0 aromatic carbocycles. The molecule has 0 radical (unpaired) electrons. The minimum Gasteiger partial charge on any atom is -0.373 e. The molecule has 92 valence electrons. The molecule has 1 rings (SSSR count). The Bertz CT molecular complexity index is 392. The summed E-state index contributed by atoms with van der Waals surface area (Å²) in [5, 5.41) is 10.6. The normalized spacial score (nSPS) is 13.9. The van der Waals surface area contributed by atoms with Crippen LogP contribution in [0.2, 0.25) is 0 Å². The monoisotopic (exact) mass is 232 g/mol. The van der Waals surface area contributed by atoms with Crippen LogP contribution >= 0.6 is 0 Å². The van der Waals surface area contributed by atoms with E-state index in [9.17, 15) is 5.11 Å². The molecule has 0 fully saturated rings. The summed E-state index contributed by atoms with van der Waals surface area (Å²) < 4.78 is 0. The third-order valence-corrected chi connectivity index (χ3v) is 2.77. The van der Waals surface area contributed by atoms with Crippen molar-refractivity contribution in [3.8, 4) is 11.8 Å². The number of hydrogen-bond donors (Lipinski definition) is 1. The highest BCUT2D eigenvalue weighted by atomic mass is 16.3. The predicted molar refractivity (Wildman–Crippen MR) is 68.1 cm³/mol. The van der Waals surface area contributed by atoms with Crippen LogP contribution in [0.3, 0.4) is 0 Å². The van der Waals surface area contributed by atoms with E-state index in [1.54, 1.807) is 12.4 Å². The number of aromatic nitrogens is 2. The van der Waals surface area contributed by atoms with E-state index in [0.717, 1.165) is 19.3 Å². The standard InChI is InChI=1S/C14H20N2O/c1-4-5-6-7-8-14(17,12(2)3)13-9-15-11-16-10-13/h9-12,17H,4-6H2,1-3H3. The van der Waals surface area contributed by atoms with E-state index >= 15 is 0 Å². The first kappa shape index (κ1) is 13.7. The number of unbranched alkanes of at least 4 members (excludes halogenated alkanes) is 2. The van der Waals surface area contributed by atoms with Crippen LogP contribution < -0.4 is 0 Å². The van der Waals surface area contributed by atoms with Gasteiger partial charge in [-0.3, -0.25) is 0 Å². The first-order valence-electron chi connectivity index (χ1n) is 6.09. The molecule has 1 aromatic heterocycles. The van der Waals surface area contributed by atoms with Crippen molar-refractivity contribution in [2.45, 2.75) is 45.6 Å². The van der Waals surface area contributed by atoms with Gasteiger partial charge in [0.15, 0.2) is 5.60 Å². The van der Waals surface area contributed by atoms with Gasteiger partial charge >= 0.3 is 0 Å². The Morgan fingerprint density at radius 1 is 1.35 bits per heavy atom. The van der Waals surface area contributed by atoms with E-state index in [0.29, 0.717) is 5.56 Å². The van der Waals surface area contributed by atoms with Gasteiger partial charge < -0.3 is 5.11 Å². The highest BCUT2D eigenvalue weighted by Crippen LogP contribution is 2.27. The lowest BCUT2D eigenvalue weighted by Gasteiger charge is -2.26. The molecule has 0 saturated carbocycles. The highest BCUT2D eigenvalue weighted by Gasteiger charge is 2.31. The van der Waals surface area contributed by atoms with Crippen molar-refractivity contribution in [3.63, 3.8) is 0 Å². The molecule has 0 saturated heterocycles. The van der Waals surface area contributed by atoms with E-state index in [2.05, 4.69) is 28.7 Å². The molecule has 1 aromatic rings. The first-order valence-corrected chi connectivity index (χ1v) is 6.09. The molecule has 3 nitrogen and oxygen atoms in total. The van der Waals surface area contributed by atoms with Crippen molar-refractivity contribution < 1.29 is 5.11 Å². The van der Waals surface area contributed by atoms with Crippen molar-refractivity contribution in [3.05, 3.63) is 24.3 Å². The number of aliphatic hydroxyl groups is 1. The maximum absolute atomic E-state index is 10.6. The smallest absolute Gasteiger partial charge is 0.156 e. The average molecular weight is 232 g/mol. The van der Waals surface area contributed by atoms with Crippen molar-refractivity contribution >= 4 is 0 Å². The molecule has 0 aliphatic heterocycles. The van der Waals surface area contributed by atoms with Crippen LogP contribution in [-0.2, 0) is 5.60 Å². The number of hydrogen-bond acceptors (Lipinski definition) is 3. The number of rotatable bonds is 4. The molecular formula is C14H20N2O. The van der Waals surface area contributed by atoms with Crippen LogP contribution in [-0.4, -0.2) is 15.1 Å². The molecule has 0 amide bonds. The summed E-state index contributed by atoms with van der Waals surface area (Å²) in [6, 6.07) is 0. The Kier molecular flexibility index (Phi) is 5.11. The Labute approximate surface area is 103 Å². The third kappa shape index (κ3) is 3.54. The van der Waals surface area contributed by atoms with Crippen molar-refractivity contribution in [2.24, 2.45) is 5.92 Å². The quantitative estimate of drug-likeness (QED) is 0.641. The van der Waals surface area contributed by atoms with Gasteiger partial charge in [0.05, 0.1) is 0 Å². The fourth-order valence-corrected chi connectivity index (χ4v) is 1.51. The molecule has 0 aliphatic rings. The van der Waals surface area contributed by atoms with Crippen LogP contribution in [0, 0.1) is 17.8 Å². The van der Waals surface area contributed by atoms with Gasteiger partial charge in [0, 0.05) is 24.4 Å². The molecule has 1 unspecified atom stereocenters. The fourth-order valence-electron chi connectivity index (χ4n) is 1.51. The minimum absolute atomic E-state index is 0.00243. The Morgan fingerprint density at radius 2 is 2.00 bits per heavy atom. The van der Waals surface area contributed by atoms with E-state index in [1.807, 2.05) is 13.8 Å². The van der Waals surface area contributed by atoms with Gasteiger partial charge in [-0.2, -0.15) is 0 Å². The van der Waals surface area contributed by atoms with Gasteiger partial charge in [0.25, 0.3) is 0 Å². The summed E-state index contributed by atoms with van der Waals surface area (Å²) in [5.74, 6) is 6.03. The molecule has 3 heteroatoms. The van der Waals surface area contributed by atoms with Gasteiger partial charge in [-0.15, -0.1) is 0 Å². The van der Waals surface area contributed by atoms with E-state index in [1.165, 1.54) is 6.33 Å². The van der Waals surface area contributed by atoms with E-state index in [4.69, 9.17) is 0 Å². The molecule has 17 heavy (non-hydrogen) atoms. The van der Waals surface area contributed by atoms with E-state index in [-0.39, 0.29) is 5.92 Å². The Morgan fingerprint density at radius 3 is 2.53 bits per heavy atom. The summed E-state index contributed by atoms with van der Waals surface area (Å²) in [6.07, 6.45) is 7.70. The molecule has 1 N–H and O–H groups in total. The molecule has 1 heterocycles. The van der Waals surface area contributed by atoms with Crippen molar-refractivity contribution in [2.75, 3.05) is 0 Å². The predicted octanol–water partition coefficient (Wildman–Crippen LogP) is 2.51. The van der Waals surface area contributed by atoms with Gasteiger partial charge in [-0.05, 0) is 12.3 Å². The van der Waals surface area contributed by atoms with Crippen LogP contribution in [0.15, 0.2) is 18.7 Å². The summed E-state index contributed by atoms with van der Waals surface area (Å²) in [7, 11) is 0. The second kappa shape index (κ2) is 6.36. The lowest BCUT2D eigenvalue weighted by Crippen LogP contribution is -2.30. The average Bonchev–Trinajstić information content (AvgIpc) is 2.35. The maximum atomic E-state index is 10.6. The fraction of sp³-hybridized carbons (Fsp3) is 0.571. The second-order valence-electron chi connectivity index (χ2n) is 4.45. The van der Waals surface area contributed by atoms with Crippen molar-refractivity contribution in [1.29, 1.82) is 0 Å². The zero-order valence-electron chi connectivity index (χ0n) is 10.8. The lowest BCUT2D eigenvalue weighted by molar-refractivity contribution is 0.0495. The first-order chi connectivity index (χ1) is 8.11. The zero-order valence-corrected chi connectivity index (χ0v) is 10.8. The van der Waals surface area contributed by atoms with Gasteiger partial charge in [-0.1, -0.05) is 39.0 Å². The summed E-state index contributed by atoms with van der Waals surface area (Å²) >= 11 is 0. The molecule has 1 atom stereocenters. The largest absolute Gasteiger partial charge is 0.373 e. The van der Waals surface area contributed by atoms with Crippen molar-refractivity contribution in [1.82, 2.24) is 9.97 Å². The lowest BCUT2D eigenvalue weighted by atomic mass is 9.85. The topological polar surface area (TPSA) is 46.0 Å². The van der Waals surface area contributed by atoms with Crippen LogP contribution in [0.5, 0.6) is 0 Å². The summed E-state index contributed by atoms with van der Waals surface area (Å²) in [4.78, 5) is 7.88. The van der Waals surface area contributed by atoms with Crippen LogP contribution in [0.4, 0.5) is 0 Å². The van der Waals surface area contributed by atoms with Gasteiger partial charge in [-0.25, -0.2) is 9.97 Å². The van der Waals surface area contributed by atoms with Gasteiger partial charge in [0.2, 0.25) is 0 Å². The number of nitrogens with zero attached hydrogens (tertiary/aromatic N) is 2. The molecule has 0 aliphatic carbocycles. The molecule has 0 bridgehead atoms. The van der Waals surface area contributed by atoms with Gasteiger partial charge in [0.1, 0.15) is 6.33 Å². The second-order valence-corrected chi connectivity index (χ2v) is 4.45. The minimum atomic E-state index is -1.14. The maximum Gasteiger partial charge on any atom is 0.156 e. The van der Waals surface area contributed by atoms with Crippen LogP contribution in [0.1, 0.15) is 45.6 Å². The Hall–Kier alpha value is -1.40. The Balaban J connectivity index is 2.93. The van der Waals surface area contributed by atoms with Crippen LogP contribution in [0.25, 0.3) is 0 Å². The zero-order chi connectivity index (χ0) is 12.7. The van der Waals surface area contributed by atoms with E-state index < -0.39 is 5.60 Å². The molecule has 0 spiro atoms.